The molecule has 2 aliphatic heterocycles. The van der Waals surface area contributed by atoms with Crippen molar-refractivity contribution in [3.8, 4) is 11.5 Å². The van der Waals surface area contributed by atoms with Gasteiger partial charge in [0.05, 0.1) is 24.4 Å². The van der Waals surface area contributed by atoms with Crippen LogP contribution in [0.2, 0.25) is 0 Å². The molecule has 0 saturated carbocycles. The van der Waals surface area contributed by atoms with Gasteiger partial charge >= 0.3 is 0 Å². The minimum absolute atomic E-state index is 0.0318. The molecular weight excluding hydrogens is 296 g/mol. The van der Waals surface area contributed by atoms with E-state index >= 15 is 0 Å². The number of fused-ring (bicyclic) bond motifs is 2. The van der Waals surface area contributed by atoms with Crippen LogP contribution < -0.4 is 10.1 Å². The highest BCUT2D eigenvalue weighted by molar-refractivity contribution is 6.01. The first-order valence-corrected chi connectivity index (χ1v) is 8.24. The van der Waals surface area contributed by atoms with E-state index < -0.39 is 0 Å². The Morgan fingerprint density at radius 2 is 2.22 bits per heavy atom. The zero-order valence-corrected chi connectivity index (χ0v) is 13.7. The lowest BCUT2D eigenvalue weighted by atomic mass is 10.1. The number of anilines is 1. The highest BCUT2D eigenvalue weighted by Crippen LogP contribution is 2.37. The maximum absolute atomic E-state index is 13.0. The number of carbonyl (C=O) groups is 1. The van der Waals surface area contributed by atoms with Gasteiger partial charge in [-0.05, 0) is 25.3 Å². The lowest BCUT2D eigenvalue weighted by Crippen LogP contribution is -2.43. The van der Waals surface area contributed by atoms with Gasteiger partial charge < -0.3 is 24.8 Å². The SMILES string of the molecule is CCCCO[C@@H]1CCC2CNc3cc(O)c(OC)cc3C(=O)N21. The number of phenols is 1. The molecule has 0 spiro atoms. The van der Waals surface area contributed by atoms with Crippen LogP contribution in [-0.2, 0) is 4.74 Å². The molecule has 2 N–H and O–H groups in total. The minimum atomic E-state index is -0.161. The van der Waals surface area contributed by atoms with Crippen LogP contribution in [-0.4, -0.2) is 48.4 Å². The van der Waals surface area contributed by atoms with Crippen LogP contribution in [0.5, 0.6) is 11.5 Å². The third-order valence-electron chi connectivity index (χ3n) is 4.57. The Bertz CT molecular complexity index is 590. The number of carbonyl (C=O) groups excluding carboxylic acids is 1. The summed E-state index contributed by atoms with van der Waals surface area (Å²) < 4.78 is 11.1. The average molecular weight is 320 g/mol. The van der Waals surface area contributed by atoms with Crippen molar-refractivity contribution >= 4 is 11.6 Å². The van der Waals surface area contributed by atoms with Crippen molar-refractivity contribution in [1.29, 1.82) is 0 Å². The summed E-state index contributed by atoms with van der Waals surface area (Å²) in [6.07, 6.45) is 3.70. The van der Waals surface area contributed by atoms with Crippen LogP contribution in [0.3, 0.4) is 0 Å². The lowest BCUT2D eigenvalue weighted by Gasteiger charge is -2.28. The van der Waals surface area contributed by atoms with Gasteiger partial charge in [-0.25, -0.2) is 0 Å². The number of hydrogen-bond acceptors (Lipinski definition) is 5. The number of aromatic hydroxyl groups is 1. The Morgan fingerprint density at radius 3 is 2.96 bits per heavy atom. The molecule has 0 radical (unpaired) electrons. The highest BCUT2D eigenvalue weighted by Gasteiger charge is 2.40. The molecule has 23 heavy (non-hydrogen) atoms. The predicted octanol–water partition coefficient (Wildman–Crippen LogP) is 2.57. The number of methoxy groups -OCH3 is 1. The minimum Gasteiger partial charge on any atom is -0.504 e. The van der Waals surface area contributed by atoms with Gasteiger partial charge in [-0.15, -0.1) is 0 Å². The molecule has 0 bridgehead atoms. The van der Waals surface area contributed by atoms with Crippen molar-refractivity contribution in [3.63, 3.8) is 0 Å². The van der Waals surface area contributed by atoms with Crippen LogP contribution in [0.25, 0.3) is 0 Å². The van der Waals surface area contributed by atoms with E-state index in [1.165, 1.54) is 7.11 Å². The number of benzene rings is 1. The quantitative estimate of drug-likeness (QED) is 0.816. The summed E-state index contributed by atoms with van der Waals surface area (Å²) in [6.45, 7) is 3.46. The van der Waals surface area contributed by atoms with Crippen molar-refractivity contribution in [1.82, 2.24) is 4.90 Å². The largest absolute Gasteiger partial charge is 0.504 e. The van der Waals surface area contributed by atoms with Crippen LogP contribution in [0.15, 0.2) is 12.1 Å². The molecule has 6 nitrogen and oxygen atoms in total. The zero-order valence-electron chi connectivity index (χ0n) is 13.7. The third-order valence-corrected chi connectivity index (χ3v) is 4.57. The first-order chi connectivity index (χ1) is 11.2. The van der Waals surface area contributed by atoms with Crippen LogP contribution in [0.1, 0.15) is 43.0 Å². The van der Waals surface area contributed by atoms with Crippen molar-refractivity contribution in [2.75, 3.05) is 25.6 Å². The van der Waals surface area contributed by atoms with Crippen LogP contribution >= 0.6 is 0 Å². The van der Waals surface area contributed by atoms with Gasteiger partial charge in [-0.2, -0.15) is 0 Å². The Hall–Kier alpha value is -1.95. The second-order valence-electron chi connectivity index (χ2n) is 6.07. The van der Waals surface area contributed by atoms with Gasteiger partial charge in [-0.1, -0.05) is 13.3 Å². The van der Waals surface area contributed by atoms with Gasteiger partial charge in [-0.3, -0.25) is 4.79 Å². The van der Waals surface area contributed by atoms with E-state index in [1.54, 1.807) is 12.1 Å². The summed E-state index contributed by atoms with van der Waals surface area (Å²) in [4.78, 5) is 14.9. The molecule has 6 heteroatoms. The van der Waals surface area contributed by atoms with Crippen LogP contribution in [0, 0.1) is 0 Å². The lowest BCUT2D eigenvalue weighted by molar-refractivity contribution is -0.0340. The van der Waals surface area contributed by atoms with Gasteiger partial charge in [0.2, 0.25) is 0 Å². The molecule has 2 aliphatic rings. The molecule has 1 fully saturated rings. The van der Waals surface area contributed by atoms with Crippen molar-refractivity contribution < 1.29 is 19.4 Å². The fraction of sp³-hybridized carbons (Fsp3) is 0.588. The average Bonchev–Trinajstić information content (AvgIpc) is 2.89. The molecule has 1 aromatic carbocycles. The van der Waals surface area contributed by atoms with Crippen molar-refractivity contribution in [2.24, 2.45) is 0 Å². The normalized spacial score (nSPS) is 23.0. The standard InChI is InChI=1S/C17H24N2O4/c1-3-4-7-23-16-6-5-11-10-18-13-9-14(20)15(22-2)8-12(13)17(21)19(11)16/h8-9,11,16,18,20H,3-7,10H2,1-2H3/t11?,16-/m1/s1. The van der Waals surface area contributed by atoms with E-state index in [2.05, 4.69) is 12.2 Å². The Kier molecular flexibility index (Phi) is 4.61. The second-order valence-corrected chi connectivity index (χ2v) is 6.07. The number of nitrogens with one attached hydrogen (secondary N) is 1. The van der Waals surface area contributed by atoms with Gasteiger partial charge in [0.25, 0.3) is 5.91 Å². The first-order valence-electron chi connectivity index (χ1n) is 8.24. The summed E-state index contributed by atoms with van der Waals surface area (Å²) in [7, 11) is 1.48. The van der Waals surface area contributed by atoms with E-state index in [1.807, 2.05) is 4.90 Å². The van der Waals surface area contributed by atoms with E-state index in [0.717, 1.165) is 25.7 Å². The number of unbranched alkanes of at least 4 members (excludes halogenated alkanes) is 1. The van der Waals surface area contributed by atoms with E-state index in [0.29, 0.717) is 30.2 Å². The smallest absolute Gasteiger partial charge is 0.258 e. The number of ether oxygens (including phenoxy) is 2. The predicted molar refractivity (Wildman–Crippen MR) is 87.0 cm³/mol. The Labute approximate surface area is 136 Å². The summed E-state index contributed by atoms with van der Waals surface area (Å²) in [5, 5.41) is 13.2. The molecule has 3 rings (SSSR count). The number of hydrogen-bond donors (Lipinski definition) is 2. The molecule has 1 saturated heterocycles. The molecule has 1 amide bonds. The second kappa shape index (κ2) is 6.66. The summed E-state index contributed by atoms with van der Waals surface area (Å²) in [5.41, 5.74) is 1.17. The Morgan fingerprint density at radius 1 is 1.39 bits per heavy atom. The molecule has 126 valence electrons. The maximum Gasteiger partial charge on any atom is 0.258 e. The van der Waals surface area contributed by atoms with Gasteiger partial charge in [0, 0.05) is 19.2 Å². The van der Waals surface area contributed by atoms with E-state index in [4.69, 9.17) is 9.47 Å². The Balaban J connectivity index is 1.87. The molecule has 2 heterocycles. The van der Waals surface area contributed by atoms with Crippen molar-refractivity contribution in [3.05, 3.63) is 17.7 Å². The summed E-state index contributed by atoms with van der Waals surface area (Å²) in [6, 6.07) is 3.28. The van der Waals surface area contributed by atoms with Gasteiger partial charge in [0.1, 0.15) is 6.23 Å². The third kappa shape index (κ3) is 2.95. The molecule has 0 aromatic heterocycles. The fourth-order valence-corrected chi connectivity index (χ4v) is 3.29. The molecular formula is C17H24N2O4. The molecule has 0 aliphatic carbocycles. The van der Waals surface area contributed by atoms with Crippen LogP contribution in [0.4, 0.5) is 5.69 Å². The van der Waals surface area contributed by atoms with Gasteiger partial charge in [0.15, 0.2) is 11.5 Å². The topological polar surface area (TPSA) is 71.0 Å². The molecule has 2 atom stereocenters. The molecule has 1 aromatic rings. The number of rotatable bonds is 5. The van der Waals surface area contributed by atoms with E-state index in [9.17, 15) is 9.90 Å². The first kappa shape index (κ1) is 15.9. The monoisotopic (exact) mass is 320 g/mol. The number of phenolic OH excluding ortho intramolecular Hbond substituents is 1. The zero-order chi connectivity index (χ0) is 16.4. The highest BCUT2D eigenvalue weighted by atomic mass is 16.5. The summed E-state index contributed by atoms with van der Waals surface area (Å²) in [5.74, 6) is 0.275. The van der Waals surface area contributed by atoms with Crippen molar-refractivity contribution in [2.45, 2.75) is 44.9 Å². The fourth-order valence-electron chi connectivity index (χ4n) is 3.29. The summed E-state index contributed by atoms with van der Waals surface area (Å²) >= 11 is 0. The van der Waals surface area contributed by atoms with E-state index in [-0.39, 0.29) is 23.9 Å². The molecule has 1 unspecified atom stereocenters. The maximum atomic E-state index is 13.0. The number of nitrogens with zero attached hydrogens (tertiary/aromatic N) is 1. The number of amides is 1.